The number of amides is 3. The summed E-state index contributed by atoms with van der Waals surface area (Å²) in [5, 5.41) is 2.83. The summed E-state index contributed by atoms with van der Waals surface area (Å²) in [4.78, 5) is 32.2. The van der Waals surface area contributed by atoms with Crippen LogP contribution in [0.5, 0.6) is 0 Å². The van der Waals surface area contributed by atoms with E-state index in [9.17, 15) is 9.59 Å². The third-order valence-corrected chi connectivity index (χ3v) is 4.25. The predicted octanol–water partition coefficient (Wildman–Crippen LogP) is 2.98. The highest BCUT2D eigenvalue weighted by Crippen LogP contribution is 2.16. The number of rotatable bonds is 4. The second-order valence-corrected chi connectivity index (χ2v) is 6.18. The molecular weight excluding hydrogens is 316 g/mol. The lowest BCUT2D eigenvalue weighted by molar-refractivity contribution is 0.0793. The summed E-state index contributed by atoms with van der Waals surface area (Å²) in [6, 6.07) is 12.4. The first kappa shape index (κ1) is 17.0. The normalized spacial score (nSPS) is 13.6. The smallest absolute Gasteiger partial charge is 0.321 e. The van der Waals surface area contributed by atoms with E-state index in [1.165, 1.54) is 0 Å². The maximum atomic E-state index is 12.3. The Labute approximate surface area is 147 Å². The van der Waals surface area contributed by atoms with Crippen molar-refractivity contribution in [3.8, 4) is 0 Å². The minimum absolute atomic E-state index is 0.0580. The average molecular weight is 338 g/mol. The highest BCUT2D eigenvalue weighted by molar-refractivity contribution is 5.95. The van der Waals surface area contributed by atoms with E-state index in [2.05, 4.69) is 10.3 Å². The van der Waals surface area contributed by atoms with Gasteiger partial charge in [-0.05, 0) is 49.2 Å². The van der Waals surface area contributed by atoms with Crippen LogP contribution in [-0.4, -0.2) is 46.9 Å². The monoisotopic (exact) mass is 338 g/mol. The van der Waals surface area contributed by atoms with E-state index in [0.29, 0.717) is 17.8 Å². The molecule has 1 aromatic heterocycles. The molecule has 1 aromatic carbocycles. The van der Waals surface area contributed by atoms with Gasteiger partial charge in [-0.1, -0.05) is 6.07 Å². The topological polar surface area (TPSA) is 65.5 Å². The Bertz CT molecular complexity index is 725. The molecule has 1 N–H and O–H groups in total. The fourth-order valence-corrected chi connectivity index (χ4v) is 2.82. The molecule has 0 spiro atoms. The largest absolute Gasteiger partial charge is 0.339 e. The number of pyridine rings is 1. The summed E-state index contributed by atoms with van der Waals surface area (Å²) in [7, 11) is 1.72. The molecule has 3 rings (SSSR count). The molecule has 1 fully saturated rings. The molecule has 2 aromatic rings. The van der Waals surface area contributed by atoms with Gasteiger partial charge in [-0.15, -0.1) is 0 Å². The average Bonchev–Trinajstić information content (AvgIpc) is 3.17. The Balaban J connectivity index is 1.57. The number of urea groups is 1. The van der Waals surface area contributed by atoms with Gasteiger partial charge in [0.05, 0.1) is 12.2 Å². The van der Waals surface area contributed by atoms with Gasteiger partial charge in [-0.3, -0.25) is 9.78 Å². The number of aromatic nitrogens is 1. The van der Waals surface area contributed by atoms with E-state index in [1.54, 1.807) is 42.4 Å². The highest BCUT2D eigenvalue weighted by Gasteiger charge is 2.19. The van der Waals surface area contributed by atoms with E-state index in [0.717, 1.165) is 31.6 Å². The molecule has 2 heterocycles. The molecule has 0 saturated carbocycles. The second-order valence-electron chi connectivity index (χ2n) is 6.18. The lowest BCUT2D eigenvalue weighted by atomic mass is 10.2. The first-order valence-electron chi connectivity index (χ1n) is 8.45. The summed E-state index contributed by atoms with van der Waals surface area (Å²) in [6.07, 6.45) is 3.85. The molecule has 1 aliphatic heterocycles. The van der Waals surface area contributed by atoms with Crippen LogP contribution in [0.2, 0.25) is 0 Å². The van der Waals surface area contributed by atoms with Crippen molar-refractivity contribution in [2.45, 2.75) is 19.4 Å². The predicted molar refractivity (Wildman–Crippen MR) is 96.3 cm³/mol. The first-order chi connectivity index (χ1) is 12.1. The van der Waals surface area contributed by atoms with Gasteiger partial charge < -0.3 is 15.1 Å². The number of carbonyl (C=O) groups excluding carboxylic acids is 2. The van der Waals surface area contributed by atoms with Gasteiger partial charge in [-0.2, -0.15) is 0 Å². The molecule has 6 nitrogen and oxygen atoms in total. The Kier molecular flexibility index (Phi) is 5.28. The minimum Gasteiger partial charge on any atom is -0.339 e. The molecule has 1 saturated heterocycles. The van der Waals surface area contributed by atoms with Crippen LogP contribution in [0, 0.1) is 0 Å². The summed E-state index contributed by atoms with van der Waals surface area (Å²) in [5.41, 5.74) is 2.14. The molecule has 130 valence electrons. The number of carbonyl (C=O) groups is 2. The van der Waals surface area contributed by atoms with Gasteiger partial charge >= 0.3 is 6.03 Å². The molecule has 0 unspecified atom stereocenters. The van der Waals surface area contributed by atoms with E-state index in [1.807, 2.05) is 23.1 Å². The Morgan fingerprint density at radius 1 is 1.12 bits per heavy atom. The van der Waals surface area contributed by atoms with Crippen LogP contribution < -0.4 is 5.32 Å². The quantitative estimate of drug-likeness (QED) is 0.932. The van der Waals surface area contributed by atoms with Gasteiger partial charge in [0.25, 0.3) is 5.91 Å². The Morgan fingerprint density at radius 2 is 1.84 bits per heavy atom. The van der Waals surface area contributed by atoms with Crippen LogP contribution in [0.3, 0.4) is 0 Å². The summed E-state index contributed by atoms with van der Waals surface area (Å²) < 4.78 is 0. The lowest BCUT2D eigenvalue weighted by Crippen LogP contribution is -2.31. The van der Waals surface area contributed by atoms with E-state index < -0.39 is 0 Å². The molecule has 0 radical (unpaired) electrons. The standard InChI is InChI=1S/C19H22N4O2/c1-22(14-17-6-2-3-11-20-17)19(25)21-16-9-7-15(8-10-16)18(24)23-12-4-5-13-23/h2-3,6-11H,4-5,12-14H2,1H3,(H,21,25). The van der Waals surface area contributed by atoms with Gasteiger partial charge in [0.15, 0.2) is 0 Å². The number of benzene rings is 1. The SMILES string of the molecule is CN(Cc1ccccn1)C(=O)Nc1ccc(C(=O)N2CCCC2)cc1. The van der Waals surface area contributed by atoms with Crippen molar-refractivity contribution in [1.29, 1.82) is 0 Å². The number of nitrogens with zero attached hydrogens (tertiary/aromatic N) is 3. The molecular formula is C19H22N4O2. The summed E-state index contributed by atoms with van der Waals surface area (Å²) in [5.74, 6) is 0.0580. The molecule has 0 bridgehead atoms. The fourth-order valence-electron chi connectivity index (χ4n) is 2.82. The van der Waals surface area contributed by atoms with Gasteiger partial charge in [0.1, 0.15) is 0 Å². The molecule has 25 heavy (non-hydrogen) atoms. The zero-order valence-electron chi connectivity index (χ0n) is 14.3. The van der Waals surface area contributed by atoms with Crippen molar-refractivity contribution in [2.75, 3.05) is 25.5 Å². The van der Waals surface area contributed by atoms with Crippen LogP contribution in [0.1, 0.15) is 28.9 Å². The number of likely N-dealkylation sites (tertiary alicyclic amines) is 1. The zero-order valence-corrected chi connectivity index (χ0v) is 14.3. The van der Waals surface area contributed by atoms with Crippen LogP contribution >= 0.6 is 0 Å². The van der Waals surface area contributed by atoms with E-state index in [-0.39, 0.29) is 11.9 Å². The van der Waals surface area contributed by atoms with Crippen molar-refractivity contribution in [3.05, 3.63) is 59.9 Å². The summed E-state index contributed by atoms with van der Waals surface area (Å²) in [6.45, 7) is 2.09. The second kappa shape index (κ2) is 7.79. The Morgan fingerprint density at radius 3 is 2.48 bits per heavy atom. The van der Waals surface area contributed by atoms with Crippen LogP contribution in [0.4, 0.5) is 10.5 Å². The van der Waals surface area contributed by atoms with E-state index in [4.69, 9.17) is 0 Å². The molecule has 6 heteroatoms. The third kappa shape index (κ3) is 4.35. The van der Waals surface area contributed by atoms with Crippen molar-refractivity contribution < 1.29 is 9.59 Å². The van der Waals surface area contributed by atoms with Crippen molar-refractivity contribution in [3.63, 3.8) is 0 Å². The number of hydrogen-bond acceptors (Lipinski definition) is 3. The van der Waals surface area contributed by atoms with Gasteiger partial charge in [0.2, 0.25) is 0 Å². The van der Waals surface area contributed by atoms with Crippen molar-refractivity contribution in [1.82, 2.24) is 14.8 Å². The first-order valence-corrected chi connectivity index (χ1v) is 8.45. The molecule has 3 amide bonds. The Hall–Kier alpha value is -2.89. The highest BCUT2D eigenvalue weighted by atomic mass is 16.2. The van der Waals surface area contributed by atoms with Crippen LogP contribution in [-0.2, 0) is 6.54 Å². The van der Waals surface area contributed by atoms with Crippen LogP contribution in [0.15, 0.2) is 48.7 Å². The van der Waals surface area contributed by atoms with Gasteiger partial charge in [0, 0.05) is 37.6 Å². The number of anilines is 1. The lowest BCUT2D eigenvalue weighted by Gasteiger charge is -2.18. The number of nitrogens with one attached hydrogen (secondary N) is 1. The molecule has 1 aliphatic rings. The van der Waals surface area contributed by atoms with Crippen molar-refractivity contribution >= 4 is 17.6 Å². The fraction of sp³-hybridized carbons (Fsp3) is 0.316. The maximum Gasteiger partial charge on any atom is 0.321 e. The minimum atomic E-state index is -0.218. The summed E-state index contributed by atoms with van der Waals surface area (Å²) >= 11 is 0. The zero-order chi connectivity index (χ0) is 17.6. The third-order valence-electron chi connectivity index (χ3n) is 4.25. The van der Waals surface area contributed by atoms with Crippen LogP contribution in [0.25, 0.3) is 0 Å². The number of hydrogen-bond donors (Lipinski definition) is 1. The van der Waals surface area contributed by atoms with Gasteiger partial charge in [-0.25, -0.2) is 4.79 Å². The van der Waals surface area contributed by atoms with Crippen molar-refractivity contribution in [2.24, 2.45) is 0 Å². The van der Waals surface area contributed by atoms with E-state index >= 15 is 0 Å². The molecule has 0 atom stereocenters. The maximum absolute atomic E-state index is 12.3. The molecule has 0 aliphatic carbocycles.